The lowest BCUT2D eigenvalue weighted by Gasteiger charge is -2.26. The van der Waals surface area contributed by atoms with E-state index in [-0.39, 0.29) is 43.5 Å². The molecule has 3 rings (SSSR count). The van der Waals surface area contributed by atoms with Gasteiger partial charge in [-0.15, -0.1) is 11.8 Å². The van der Waals surface area contributed by atoms with E-state index in [2.05, 4.69) is 4.98 Å². The van der Waals surface area contributed by atoms with Crippen LogP contribution in [0, 0.1) is 5.92 Å². The maximum Gasteiger partial charge on any atom is 0.330 e. The first-order valence-electron chi connectivity index (χ1n) is 11.2. The number of aromatic amines is 1. The number of methoxy groups -OCH3 is 1. The average molecular weight is 490 g/mol. The van der Waals surface area contributed by atoms with Crippen molar-refractivity contribution in [1.29, 1.82) is 0 Å². The maximum absolute atomic E-state index is 13.6. The van der Waals surface area contributed by atoms with Gasteiger partial charge >= 0.3 is 5.69 Å². The number of rotatable bonds is 10. The summed E-state index contributed by atoms with van der Waals surface area (Å²) in [6, 6.07) is 7.56. The Hall–Kier alpha value is -3.05. The van der Waals surface area contributed by atoms with Crippen LogP contribution in [0.15, 0.2) is 38.8 Å². The molecule has 1 aromatic heterocycles. The lowest BCUT2D eigenvalue weighted by atomic mass is 10.1. The Morgan fingerprint density at radius 1 is 1.32 bits per heavy atom. The molecule has 0 spiro atoms. The van der Waals surface area contributed by atoms with Gasteiger partial charge in [-0.1, -0.05) is 19.4 Å². The number of thioether (sulfide) groups is 1. The number of amides is 2. The smallest absolute Gasteiger partial charge is 0.330 e. The lowest BCUT2D eigenvalue weighted by Crippen LogP contribution is -2.45. The molecule has 1 aliphatic rings. The van der Waals surface area contributed by atoms with E-state index in [0.29, 0.717) is 13.0 Å². The van der Waals surface area contributed by atoms with Crippen LogP contribution in [0.25, 0.3) is 0 Å². The van der Waals surface area contributed by atoms with Crippen molar-refractivity contribution in [3.8, 4) is 0 Å². The van der Waals surface area contributed by atoms with Gasteiger partial charge in [0.2, 0.25) is 11.8 Å². The summed E-state index contributed by atoms with van der Waals surface area (Å²) in [7, 11) is 1.48. The Morgan fingerprint density at radius 3 is 2.76 bits per heavy atom. The molecule has 0 bridgehead atoms. The van der Waals surface area contributed by atoms with Crippen molar-refractivity contribution in [3.63, 3.8) is 0 Å². The Labute approximate surface area is 202 Å². The lowest BCUT2D eigenvalue weighted by molar-refractivity contribution is -0.124. The van der Waals surface area contributed by atoms with Crippen molar-refractivity contribution in [3.05, 3.63) is 45.1 Å². The highest BCUT2D eigenvalue weighted by molar-refractivity contribution is 7.98. The van der Waals surface area contributed by atoms with E-state index >= 15 is 0 Å². The summed E-state index contributed by atoms with van der Waals surface area (Å²) in [6.45, 7) is 2.69. The van der Waals surface area contributed by atoms with Crippen molar-refractivity contribution >= 4 is 40.8 Å². The molecule has 0 saturated carbocycles. The fraction of sp³-hybridized carbons (Fsp3) is 0.478. The monoisotopic (exact) mass is 489 g/mol. The van der Waals surface area contributed by atoms with Crippen LogP contribution in [-0.4, -0.2) is 54.4 Å². The predicted molar refractivity (Wildman–Crippen MR) is 134 cm³/mol. The number of hydrogen-bond acceptors (Lipinski definition) is 7. The zero-order chi connectivity index (χ0) is 24.8. The molecule has 1 aromatic carbocycles. The Balaban J connectivity index is 1.95. The van der Waals surface area contributed by atoms with E-state index in [9.17, 15) is 19.2 Å². The van der Waals surface area contributed by atoms with Crippen LogP contribution in [0.1, 0.15) is 26.2 Å². The highest BCUT2D eigenvalue weighted by atomic mass is 32.2. The molecule has 184 valence electrons. The third-order valence-corrected chi connectivity index (χ3v) is 6.57. The van der Waals surface area contributed by atoms with Crippen LogP contribution in [0.2, 0.25) is 0 Å². The van der Waals surface area contributed by atoms with Crippen molar-refractivity contribution in [1.82, 2.24) is 9.55 Å². The van der Waals surface area contributed by atoms with E-state index in [1.165, 1.54) is 16.6 Å². The number of nitrogens with one attached hydrogen (secondary N) is 1. The van der Waals surface area contributed by atoms with Gasteiger partial charge in [-0.05, 0) is 30.9 Å². The fourth-order valence-electron chi connectivity index (χ4n) is 4.01. The molecule has 2 heterocycles. The average Bonchev–Trinajstić information content (AvgIpc) is 3.22. The standard InChI is InChI=1S/C23H31N5O5S/c1-4-5-9-27-20(24)19(21(30)25-23(27)32)26(10-11-33-2)22(31)15-12-18(29)28(14-15)16-7-6-8-17(13-16)34-3/h6-8,13,15H,4-5,9-12,14,24H2,1-3H3,(H,25,30,32). The number of nitrogens with two attached hydrogens (primary N) is 1. The summed E-state index contributed by atoms with van der Waals surface area (Å²) in [5.74, 6) is -1.32. The number of ether oxygens (including phenoxy) is 1. The van der Waals surface area contributed by atoms with Crippen LogP contribution >= 0.6 is 11.8 Å². The largest absolute Gasteiger partial charge is 0.383 e. The highest BCUT2D eigenvalue weighted by Crippen LogP contribution is 2.30. The predicted octanol–water partition coefficient (Wildman–Crippen LogP) is 1.67. The minimum absolute atomic E-state index is 0.0130. The molecule has 1 atom stereocenters. The molecule has 1 fully saturated rings. The van der Waals surface area contributed by atoms with Crippen LogP contribution < -0.4 is 26.8 Å². The Kier molecular flexibility index (Phi) is 8.56. The summed E-state index contributed by atoms with van der Waals surface area (Å²) < 4.78 is 6.42. The number of hydrogen-bond donors (Lipinski definition) is 2. The molecule has 1 aliphatic heterocycles. The zero-order valence-electron chi connectivity index (χ0n) is 19.7. The van der Waals surface area contributed by atoms with Crippen LogP contribution in [-0.2, 0) is 20.9 Å². The summed E-state index contributed by atoms with van der Waals surface area (Å²) in [4.78, 5) is 57.6. The van der Waals surface area contributed by atoms with Gasteiger partial charge in [0.15, 0.2) is 5.69 Å². The third-order valence-electron chi connectivity index (χ3n) is 5.84. The minimum atomic E-state index is -0.742. The van der Waals surface area contributed by atoms with Gasteiger partial charge in [0, 0.05) is 43.7 Å². The summed E-state index contributed by atoms with van der Waals surface area (Å²) in [5.41, 5.74) is 5.52. The molecular formula is C23H31N5O5S. The van der Waals surface area contributed by atoms with Gasteiger partial charge in [-0.25, -0.2) is 4.79 Å². The number of nitrogens with zero attached hydrogens (tertiary/aromatic N) is 3. The molecular weight excluding hydrogens is 458 g/mol. The number of H-pyrrole nitrogens is 1. The molecule has 10 nitrogen and oxygen atoms in total. The topological polar surface area (TPSA) is 131 Å². The Bertz CT molecular complexity index is 1160. The first-order chi connectivity index (χ1) is 16.3. The van der Waals surface area contributed by atoms with Crippen LogP contribution in [0.4, 0.5) is 17.2 Å². The van der Waals surface area contributed by atoms with Gasteiger partial charge in [-0.3, -0.25) is 23.9 Å². The number of carbonyl (C=O) groups is 2. The summed E-state index contributed by atoms with van der Waals surface area (Å²) >= 11 is 1.57. The normalized spacial score (nSPS) is 15.7. The third kappa shape index (κ3) is 5.36. The number of nitrogen functional groups attached to an aromatic ring is 1. The first kappa shape index (κ1) is 25.6. The fourth-order valence-corrected chi connectivity index (χ4v) is 4.47. The van der Waals surface area contributed by atoms with Crippen molar-refractivity contribution in [2.45, 2.75) is 37.6 Å². The van der Waals surface area contributed by atoms with Crippen LogP contribution in [0.5, 0.6) is 0 Å². The van der Waals surface area contributed by atoms with Crippen molar-refractivity contribution < 1.29 is 14.3 Å². The maximum atomic E-state index is 13.6. The number of aromatic nitrogens is 2. The SMILES string of the molecule is CCCCn1c(N)c(N(CCOC)C(=O)C2CC(=O)N(c3cccc(SC)c3)C2)c(=O)[nH]c1=O. The van der Waals surface area contributed by atoms with Gasteiger partial charge in [0.25, 0.3) is 5.56 Å². The van der Waals surface area contributed by atoms with Gasteiger partial charge in [0.05, 0.1) is 12.5 Å². The zero-order valence-corrected chi connectivity index (χ0v) is 20.5. The molecule has 1 saturated heterocycles. The number of anilines is 3. The molecule has 1 unspecified atom stereocenters. The number of unbranched alkanes of at least 4 members (excludes halogenated alkanes) is 1. The van der Waals surface area contributed by atoms with Gasteiger partial charge in [0.1, 0.15) is 5.82 Å². The molecule has 2 aromatic rings. The van der Waals surface area contributed by atoms with E-state index in [1.807, 2.05) is 37.4 Å². The minimum Gasteiger partial charge on any atom is -0.383 e. The summed E-state index contributed by atoms with van der Waals surface area (Å²) in [6.07, 6.45) is 3.47. The Morgan fingerprint density at radius 2 is 2.09 bits per heavy atom. The van der Waals surface area contributed by atoms with E-state index in [4.69, 9.17) is 10.5 Å². The quantitative estimate of drug-likeness (QED) is 0.486. The molecule has 2 amide bonds. The molecule has 0 radical (unpaired) electrons. The molecule has 34 heavy (non-hydrogen) atoms. The second-order valence-electron chi connectivity index (χ2n) is 8.09. The van der Waals surface area contributed by atoms with Crippen molar-refractivity contribution in [2.75, 3.05) is 48.6 Å². The molecule has 11 heteroatoms. The van der Waals surface area contributed by atoms with Gasteiger partial charge in [-0.2, -0.15) is 0 Å². The second kappa shape index (κ2) is 11.4. The second-order valence-corrected chi connectivity index (χ2v) is 8.97. The number of benzene rings is 1. The molecule has 0 aliphatic carbocycles. The number of carbonyl (C=O) groups excluding carboxylic acids is 2. The van der Waals surface area contributed by atoms with E-state index in [1.54, 1.807) is 16.7 Å². The van der Waals surface area contributed by atoms with E-state index in [0.717, 1.165) is 17.0 Å². The first-order valence-corrected chi connectivity index (χ1v) is 12.4. The van der Waals surface area contributed by atoms with Crippen LogP contribution in [0.3, 0.4) is 0 Å². The summed E-state index contributed by atoms with van der Waals surface area (Å²) in [5, 5.41) is 0. The highest BCUT2D eigenvalue weighted by Gasteiger charge is 2.39. The van der Waals surface area contributed by atoms with E-state index < -0.39 is 23.1 Å². The van der Waals surface area contributed by atoms with Crippen molar-refractivity contribution in [2.24, 2.45) is 5.92 Å². The molecule has 3 N–H and O–H groups in total. The van der Waals surface area contributed by atoms with Gasteiger partial charge < -0.3 is 20.3 Å².